The lowest BCUT2D eigenvalue weighted by atomic mass is 9.78. The minimum Gasteiger partial charge on any atom is -0.354 e. The smallest absolute Gasteiger partial charge is 0.227 e. The first-order valence-corrected chi connectivity index (χ1v) is 8.82. The zero-order chi connectivity index (χ0) is 15.7. The molecule has 1 aliphatic rings. The van der Waals surface area contributed by atoms with Crippen molar-refractivity contribution in [2.24, 2.45) is 11.1 Å². The summed E-state index contributed by atoms with van der Waals surface area (Å²) >= 11 is 0. The van der Waals surface area contributed by atoms with Crippen molar-refractivity contribution in [2.75, 3.05) is 26.2 Å². The summed E-state index contributed by atoms with van der Waals surface area (Å²) in [6.07, 6.45) is 7.72. The number of nitrogens with one attached hydrogen (secondary N) is 1. The lowest BCUT2D eigenvalue weighted by molar-refractivity contribution is -0.131. The Hall–Kier alpha value is -0.610. The molecule has 0 bridgehead atoms. The van der Waals surface area contributed by atoms with Gasteiger partial charge in [0.15, 0.2) is 0 Å². The summed E-state index contributed by atoms with van der Waals surface area (Å²) in [6.45, 7) is 10.0. The van der Waals surface area contributed by atoms with E-state index in [1.54, 1.807) is 0 Å². The van der Waals surface area contributed by atoms with Gasteiger partial charge in [0, 0.05) is 19.1 Å². The van der Waals surface area contributed by atoms with Crippen LogP contribution in [0.2, 0.25) is 0 Å². The van der Waals surface area contributed by atoms with E-state index in [1.165, 1.54) is 32.4 Å². The molecule has 1 unspecified atom stereocenters. The van der Waals surface area contributed by atoms with Crippen molar-refractivity contribution in [3.05, 3.63) is 0 Å². The number of likely N-dealkylation sites (tertiary alicyclic amines) is 1. The Balaban J connectivity index is 2.51. The van der Waals surface area contributed by atoms with Crippen LogP contribution < -0.4 is 11.1 Å². The van der Waals surface area contributed by atoms with Gasteiger partial charge in [0.25, 0.3) is 0 Å². The topological polar surface area (TPSA) is 58.4 Å². The predicted octanol–water partition coefficient (Wildman–Crippen LogP) is 2.52. The number of carbonyl (C=O) groups excluding carboxylic acids is 1. The van der Waals surface area contributed by atoms with E-state index in [1.807, 2.05) is 0 Å². The summed E-state index contributed by atoms with van der Waals surface area (Å²) in [4.78, 5) is 15.1. The van der Waals surface area contributed by atoms with Crippen LogP contribution in [0.3, 0.4) is 0 Å². The van der Waals surface area contributed by atoms with E-state index in [9.17, 15) is 4.79 Å². The first-order chi connectivity index (χ1) is 10.1. The molecular formula is C17H35N3O. The first kappa shape index (κ1) is 18.4. The molecule has 0 aromatic rings. The number of piperidine rings is 1. The van der Waals surface area contributed by atoms with Crippen LogP contribution in [0.25, 0.3) is 0 Å². The van der Waals surface area contributed by atoms with Crippen LogP contribution >= 0.6 is 0 Å². The second-order valence-electron chi connectivity index (χ2n) is 6.64. The van der Waals surface area contributed by atoms with Gasteiger partial charge in [0.1, 0.15) is 0 Å². The molecule has 0 spiro atoms. The minimum absolute atomic E-state index is 0.164. The largest absolute Gasteiger partial charge is 0.354 e. The van der Waals surface area contributed by atoms with E-state index in [4.69, 9.17) is 5.73 Å². The molecule has 0 aliphatic carbocycles. The number of nitrogens with zero attached hydrogens (tertiary/aromatic N) is 1. The van der Waals surface area contributed by atoms with Crippen molar-refractivity contribution in [3.63, 3.8) is 0 Å². The maximum atomic E-state index is 12.7. The quantitative estimate of drug-likeness (QED) is 0.687. The van der Waals surface area contributed by atoms with Gasteiger partial charge in [-0.1, -0.05) is 33.1 Å². The maximum Gasteiger partial charge on any atom is 0.227 e. The van der Waals surface area contributed by atoms with Crippen LogP contribution in [0.4, 0.5) is 0 Å². The Morgan fingerprint density at radius 1 is 1.19 bits per heavy atom. The van der Waals surface area contributed by atoms with E-state index >= 15 is 0 Å². The van der Waals surface area contributed by atoms with E-state index in [0.29, 0.717) is 12.6 Å². The summed E-state index contributed by atoms with van der Waals surface area (Å²) < 4.78 is 0. The molecule has 1 aliphatic heterocycles. The van der Waals surface area contributed by atoms with Crippen LogP contribution in [-0.2, 0) is 4.79 Å². The van der Waals surface area contributed by atoms with Crippen molar-refractivity contribution in [1.29, 1.82) is 0 Å². The standard InChI is InChI=1S/C17H35N3O/c1-4-9-17(14-18,10-5-2)16(21)19-13-15(3)20-11-7-6-8-12-20/h15H,4-14,18H2,1-3H3,(H,19,21). The number of rotatable bonds is 9. The van der Waals surface area contributed by atoms with Gasteiger partial charge in [0.2, 0.25) is 5.91 Å². The number of amides is 1. The van der Waals surface area contributed by atoms with Gasteiger partial charge in [0.05, 0.1) is 5.41 Å². The van der Waals surface area contributed by atoms with E-state index in [-0.39, 0.29) is 11.3 Å². The van der Waals surface area contributed by atoms with Gasteiger partial charge < -0.3 is 11.1 Å². The van der Waals surface area contributed by atoms with Crippen LogP contribution in [0, 0.1) is 5.41 Å². The Labute approximate surface area is 130 Å². The second kappa shape index (κ2) is 9.42. The van der Waals surface area contributed by atoms with E-state index in [2.05, 4.69) is 31.0 Å². The van der Waals surface area contributed by atoms with Crippen molar-refractivity contribution >= 4 is 5.91 Å². The second-order valence-corrected chi connectivity index (χ2v) is 6.64. The number of hydrogen-bond donors (Lipinski definition) is 2. The van der Waals surface area contributed by atoms with Gasteiger partial charge in [-0.3, -0.25) is 9.69 Å². The third-order valence-corrected chi connectivity index (χ3v) is 4.90. The summed E-state index contributed by atoms with van der Waals surface area (Å²) in [7, 11) is 0. The van der Waals surface area contributed by atoms with Crippen LogP contribution in [-0.4, -0.2) is 43.0 Å². The summed E-state index contributed by atoms with van der Waals surface area (Å²) in [5, 5.41) is 3.18. The van der Waals surface area contributed by atoms with E-state index in [0.717, 1.165) is 32.2 Å². The Bertz CT molecular complexity index is 294. The highest BCUT2D eigenvalue weighted by molar-refractivity contribution is 5.82. The Kier molecular flexibility index (Phi) is 8.27. The molecule has 1 saturated heterocycles. The monoisotopic (exact) mass is 297 g/mol. The molecule has 21 heavy (non-hydrogen) atoms. The van der Waals surface area contributed by atoms with Crippen LogP contribution in [0.15, 0.2) is 0 Å². The molecule has 0 radical (unpaired) electrons. The third kappa shape index (κ3) is 5.26. The SMILES string of the molecule is CCCC(CN)(CCC)C(=O)NCC(C)N1CCCCC1. The predicted molar refractivity (Wildman–Crippen MR) is 89.2 cm³/mol. The summed E-state index contributed by atoms with van der Waals surface area (Å²) in [6, 6.07) is 0.424. The molecule has 1 atom stereocenters. The third-order valence-electron chi connectivity index (χ3n) is 4.90. The summed E-state index contributed by atoms with van der Waals surface area (Å²) in [5.41, 5.74) is 5.60. The molecule has 1 amide bonds. The van der Waals surface area contributed by atoms with Gasteiger partial charge >= 0.3 is 0 Å². The highest BCUT2D eigenvalue weighted by Gasteiger charge is 2.35. The average molecular weight is 297 g/mol. The van der Waals surface area contributed by atoms with Crippen LogP contribution in [0.5, 0.6) is 0 Å². The van der Waals surface area contributed by atoms with E-state index < -0.39 is 0 Å². The molecule has 1 fully saturated rings. The zero-order valence-corrected chi connectivity index (χ0v) is 14.3. The molecule has 3 N–H and O–H groups in total. The molecular weight excluding hydrogens is 262 g/mol. The van der Waals surface area contributed by atoms with Crippen LogP contribution in [0.1, 0.15) is 65.7 Å². The van der Waals surface area contributed by atoms with Gasteiger partial charge in [-0.15, -0.1) is 0 Å². The molecule has 0 aromatic heterocycles. The van der Waals surface area contributed by atoms with Crippen molar-refractivity contribution < 1.29 is 4.79 Å². The number of hydrogen-bond acceptors (Lipinski definition) is 3. The Morgan fingerprint density at radius 3 is 2.24 bits per heavy atom. The lowest BCUT2D eigenvalue weighted by Crippen LogP contribution is -2.50. The van der Waals surface area contributed by atoms with Crippen molar-refractivity contribution in [1.82, 2.24) is 10.2 Å². The molecule has 0 saturated carbocycles. The molecule has 0 aromatic carbocycles. The van der Waals surface area contributed by atoms with Crippen molar-refractivity contribution in [3.8, 4) is 0 Å². The van der Waals surface area contributed by atoms with Gasteiger partial charge in [-0.05, 0) is 45.7 Å². The van der Waals surface area contributed by atoms with Gasteiger partial charge in [-0.25, -0.2) is 0 Å². The molecule has 124 valence electrons. The average Bonchev–Trinajstić information content (AvgIpc) is 2.52. The molecule has 1 heterocycles. The fraction of sp³-hybridized carbons (Fsp3) is 0.941. The zero-order valence-electron chi connectivity index (χ0n) is 14.3. The first-order valence-electron chi connectivity index (χ1n) is 8.82. The van der Waals surface area contributed by atoms with Gasteiger partial charge in [-0.2, -0.15) is 0 Å². The normalized spacial score (nSPS) is 18.5. The summed E-state index contributed by atoms with van der Waals surface area (Å²) in [5.74, 6) is 0.164. The molecule has 1 rings (SSSR count). The highest BCUT2D eigenvalue weighted by Crippen LogP contribution is 2.29. The number of nitrogens with two attached hydrogens (primary N) is 1. The van der Waals surface area contributed by atoms with Crippen molar-refractivity contribution in [2.45, 2.75) is 71.8 Å². The Morgan fingerprint density at radius 2 is 1.76 bits per heavy atom. The number of carbonyl (C=O) groups is 1. The fourth-order valence-electron chi connectivity index (χ4n) is 3.52. The highest BCUT2D eigenvalue weighted by atomic mass is 16.2. The minimum atomic E-state index is -0.356. The maximum absolute atomic E-state index is 12.7. The fourth-order valence-corrected chi connectivity index (χ4v) is 3.52. The lowest BCUT2D eigenvalue weighted by Gasteiger charge is -2.35. The molecule has 4 nitrogen and oxygen atoms in total. The molecule has 4 heteroatoms.